The first-order valence-electron chi connectivity index (χ1n) is 5.21. The Morgan fingerprint density at radius 2 is 2.33 bits per heavy atom. The van der Waals surface area contributed by atoms with E-state index in [1.54, 1.807) is 5.01 Å². The summed E-state index contributed by atoms with van der Waals surface area (Å²) in [6.07, 6.45) is 1.72. The lowest BCUT2D eigenvalue weighted by Crippen LogP contribution is -2.44. The predicted octanol–water partition coefficient (Wildman–Crippen LogP) is 0.240. The van der Waals surface area contributed by atoms with Crippen molar-refractivity contribution < 1.29 is 4.79 Å². The van der Waals surface area contributed by atoms with Crippen LogP contribution in [0, 0.1) is 0 Å². The van der Waals surface area contributed by atoms with Crippen molar-refractivity contribution >= 4 is 30.1 Å². The second-order valence-corrected chi connectivity index (χ2v) is 4.89. The number of carbonyl (C=O) groups excluding carboxylic acids is 1. The molecule has 88 valence electrons. The SMILES string of the molecule is Cl.O=C(CC1CSCCN1)N1CCCN1. The molecule has 0 aromatic heterocycles. The molecule has 2 heterocycles. The van der Waals surface area contributed by atoms with Gasteiger partial charge in [-0.3, -0.25) is 9.80 Å². The molecule has 0 aromatic rings. The summed E-state index contributed by atoms with van der Waals surface area (Å²) in [5.41, 5.74) is 3.10. The normalized spacial score (nSPS) is 26.1. The van der Waals surface area contributed by atoms with Gasteiger partial charge in [0, 0.05) is 43.6 Å². The van der Waals surface area contributed by atoms with Crippen LogP contribution in [0.5, 0.6) is 0 Å². The van der Waals surface area contributed by atoms with Crippen molar-refractivity contribution in [2.24, 2.45) is 0 Å². The van der Waals surface area contributed by atoms with Crippen molar-refractivity contribution in [1.82, 2.24) is 15.8 Å². The van der Waals surface area contributed by atoms with E-state index >= 15 is 0 Å². The average molecular weight is 252 g/mol. The number of hydrogen-bond acceptors (Lipinski definition) is 4. The monoisotopic (exact) mass is 251 g/mol. The van der Waals surface area contributed by atoms with Crippen molar-refractivity contribution in [3.8, 4) is 0 Å². The summed E-state index contributed by atoms with van der Waals surface area (Å²) in [5.74, 6) is 2.48. The number of nitrogens with zero attached hydrogens (tertiary/aromatic N) is 1. The molecule has 2 fully saturated rings. The maximum absolute atomic E-state index is 11.7. The van der Waals surface area contributed by atoms with Crippen molar-refractivity contribution in [3.05, 3.63) is 0 Å². The fourth-order valence-electron chi connectivity index (χ4n) is 1.81. The van der Waals surface area contributed by atoms with E-state index in [0.29, 0.717) is 12.5 Å². The first-order valence-corrected chi connectivity index (χ1v) is 6.37. The van der Waals surface area contributed by atoms with E-state index in [0.717, 1.165) is 31.8 Å². The first kappa shape index (κ1) is 13.1. The van der Waals surface area contributed by atoms with Gasteiger partial charge in [-0.2, -0.15) is 11.8 Å². The van der Waals surface area contributed by atoms with Crippen LogP contribution in [-0.4, -0.2) is 48.1 Å². The quantitative estimate of drug-likeness (QED) is 0.738. The van der Waals surface area contributed by atoms with Gasteiger partial charge in [0.2, 0.25) is 5.91 Å². The van der Waals surface area contributed by atoms with E-state index in [1.165, 1.54) is 5.75 Å². The van der Waals surface area contributed by atoms with Crippen LogP contribution in [0.3, 0.4) is 0 Å². The minimum atomic E-state index is 0. The second-order valence-electron chi connectivity index (χ2n) is 3.74. The summed E-state index contributed by atoms with van der Waals surface area (Å²) >= 11 is 1.93. The third kappa shape index (κ3) is 3.83. The fourth-order valence-corrected chi connectivity index (χ4v) is 2.76. The minimum Gasteiger partial charge on any atom is -0.312 e. The Morgan fingerprint density at radius 3 is 2.93 bits per heavy atom. The van der Waals surface area contributed by atoms with Crippen LogP contribution < -0.4 is 10.7 Å². The lowest BCUT2D eigenvalue weighted by molar-refractivity contribution is -0.133. The molecular formula is C9H18ClN3OS. The third-order valence-electron chi connectivity index (χ3n) is 2.58. The molecule has 0 spiro atoms. The van der Waals surface area contributed by atoms with Gasteiger partial charge in [0.25, 0.3) is 0 Å². The molecule has 0 aliphatic carbocycles. The molecule has 1 atom stereocenters. The number of nitrogens with one attached hydrogen (secondary N) is 2. The zero-order valence-corrected chi connectivity index (χ0v) is 10.3. The van der Waals surface area contributed by atoms with Gasteiger partial charge in [-0.1, -0.05) is 0 Å². The molecule has 4 nitrogen and oxygen atoms in total. The van der Waals surface area contributed by atoms with Crippen molar-refractivity contribution in [1.29, 1.82) is 0 Å². The van der Waals surface area contributed by atoms with Crippen LogP contribution in [0.1, 0.15) is 12.8 Å². The van der Waals surface area contributed by atoms with E-state index < -0.39 is 0 Å². The molecule has 2 rings (SSSR count). The smallest absolute Gasteiger partial charge is 0.238 e. The Kier molecular flexibility index (Phi) is 5.74. The molecule has 0 radical (unpaired) electrons. The summed E-state index contributed by atoms with van der Waals surface area (Å²) in [6.45, 7) is 2.85. The van der Waals surface area contributed by atoms with Crippen LogP contribution in [0.15, 0.2) is 0 Å². The average Bonchev–Trinajstić information content (AvgIpc) is 2.72. The number of amides is 1. The van der Waals surface area contributed by atoms with E-state index in [1.807, 2.05) is 11.8 Å². The maximum atomic E-state index is 11.7. The standard InChI is InChI=1S/C9H17N3OS.ClH/c13-9(12-4-1-2-11-12)6-8-7-14-5-3-10-8;/h8,10-11H,1-7H2;1H. The molecule has 15 heavy (non-hydrogen) atoms. The van der Waals surface area contributed by atoms with Crippen molar-refractivity contribution in [3.63, 3.8) is 0 Å². The molecular weight excluding hydrogens is 234 g/mol. The van der Waals surface area contributed by atoms with Gasteiger partial charge in [0.1, 0.15) is 0 Å². The number of hydrazine groups is 1. The van der Waals surface area contributed by atoms with E-state index in [9.17, 15) is 4.79 Å². The van der Waals surface area contributed by atoms with Gasteiger partial charge < -0.3 is 5.32 Å². The molecule has 1 amide bonds. The molecule has 2 aliphatic heterocycles. The summed E-state index contributed by atoms with van der Waals surface area (Å²) in [7, 11) is 0. The number of rotatable bonds is 2. The van der Waals surface area contributed by atoms with Crippen LogP contribution in [0.25, 0.3) is 0 Å². The van der Waals surface area contributed by atoms with Gasteiger partial charge in [0.15, 0.2) is 0 Å². The van der Waals surface area contributed by atoms with E-state index in [2.05, 4.69) is 10.7 Å². The van der Waals surface area contributed by atoms with Crippen LogP contribution in [-0.2, 0) is 4.79 Å². The summed E-state index contributed by atoms with van der Waals surface area (Å²) in [5, 5.41) is 5.14. The number of halogens is 1. The Bertz CT molecular complexity index is 206. The number of carbonyl (C=O) groups is 1. The van der Waals surface area contributed by atoms with Crippen LogP contribution in [0.2, 0.25) is 0 Å². The van der Waals surface area contributed by atoms with Gasteiger partial charge in [0.05, 0.1) is 0 Å². The fraction of sp³-hybridized carbons (Fsp3) is 0.889. The molecule has 0 bridgehead atoms. The molecule has 0 saturated carbocycles. The topological polar surface area (TPSA) is 44.4 Å². The third-order valence-corrected chi connectivity index (χ3v) is 3.71. The highest BCUT2D eigenvalue weighted by molar-refractivity contribution is 7.99. The van der Waals surface area contributed by atoms with Gasteiger partial charge in [-0.25, -0.2) is 5.43 Å². The lowest BCUT2D eigenvalue weighted by Gasteiger charge is -2.24. The summed E-state index contributed by atoms with van der Waals surface area (Å²) in [6, 6.07) is 0.378. The Morgan fingerprint density at radius 1 is 1.47 bits per heavy atom. The predicted molar refractivity (Wildman–Crippen MR) is 65.3 cm³/mol. The van der Waals surface area contributed by atoms with Crippen LogP contribution in [0.4, 0.5) is 0 Å². The van der Waals surface area contributed by atoms with Crippen molar-refractivity contribution in [2.75, 3.05) is 31.1 Å². The largest absolute Gasteiger partial charge is 0.312 e. The highest BCUT2D eigenvalue weighted by atomic mass is 35.5. The van der Waals surface area contributed by atoms with Crippen molar-refractivity contribution in [2.45, 2.75) is 18.9 Å². The second kappa shape index (κ2) is 6.58. The molecule has 0 aromatic carbocycles. The highest BCUT2D eigenvalue weighted by Gasteiger charge is 2.22. The maximum Gasteiger partial charge on any atom is 0.238 e. The number of thioether (sulfide) groups is 1. The van der Waals surface area contributed by atoms with Crippen LogP contribution >= 0.6 is 24.2 Å². The summed E-state index contributed by atoms with van der Waals surface area (Å²) < 4.78 is 0. The van der Waals surface area contributed by atoms with Gasteiger partial charge >= 0.3 is 0 Å². The molecule has 2 aliphatic rings. The lowest BCUT2D eigenvalue weighted by atomic mass is 10.2. The summed E-state index contributed by atoms with van der Waals surface area (Å²) in [4.78, 5) is 11.7. The first-order chi connectivity index (χ1) is 6.86. The van der Waals surface area contributed by atoms with Gasteiger partial charge in [-0.05, 0) is 6.42 Å². The Labute approximate surface area is 101 Å². The minimum absolute atomic E-state index is 0. The van der Waals surface area contributed by atoms with Gasteiger partial charge in [-0.15, -0.1) is 12.4 Å². The molecule has 1 unspecified atom stereocenters. The molecule has 2 saturated heterocycles. The zero-order chi connectivity index (χ0) is 9.80. The van der Waals surface area contributed by atoms with E-state index in [-0.39, 0.29) is 18.3 Å². The van der Waals surface area contributed by atoms with E-state index in [4.69, 9.17) is 0 Å². The molecule has 2 N–H and O–H groups in total. The Hall–Kier alpha value is 0.0300. The Balaban J connectivity index is 0.00000112. The molecule has 6 heteroatoms. The highest BCUT2D eigenvalue weighted by Crippen LogP contribution is 2.11. The zero-order valence-electron chi connectivity index (χ0n) is 8.70. The number of hydrogen-bond donors (Lipinski definition) is 2.